The number of alkyl halides is 3. The van der Waals surface area contributed by atoms with Gasteiger partial charge in [-0.3, -0.25) is 9.35 Å². The summed E-state index contributed by atoms with van der Waals surface area (Å²) >= 11 is 0. The summed E-state index contributed by atoms with van der Waals surface area (Å²) in [5.41, 5.74) is -5.53. The van der Waals surface area contributed by atoms with Crippen LogP contribution in [0.25, 0.3) is 0 Å². The zero-order chi connectivity index (χ0) is 16.2. The van der Waals surface area contributed by atoms with Crippen molar-refractivity contribution in [2.24, 2.45) is 0 Å². The van der Waals surface area contributed by atoms with Crippen LogP contribution in [0.3, 0.4) is 0 Å². The predicted octanol–water partition coefficient (Wildman–Crippen LogP) is 4.11. The van der Waals surface area contributed by atoms with Crippen LogP contribution in [0.1, 0.15) is 65.2 Å². The van der Waals surface area contributed by atoms with E-state index in [0.717, 1.165) is 25.7 Å². The molecule has 0 bridgehead atoms. The van der Waals surface area contributed by atoms with Crippen LogP contribution in [0.2, 0.25) is 0 Å². The standard InChI is InChI=1S/C11H22O.CHF3O3S/c1-3-5-7-9-11(12)10-8-6-4-2;2-1(3,4)8(5,6)7/h3-10H2,1-2H3;(H,5,6,7). The van der Waals surface area contributed by atoms with Crippen molar-refractivity contribution in [1.29, 1.82) is 0 Å². The van der Waals surface area contributed by atoms with Crippen LogP contribution in [0.4, 0.5) is 13.2 Å². The van der Waals surface area contributed by atoms with Gasteiger partial charge in [-0.2, -0.15) is 21.6 Å². The Hall–Kier alpha value is -0.630. The molecule has 0 fully saturated rings. The first kappa shape index (κ1) is 21.7. The van der Waals surface area contributed by atoms with Crippen LogP contribution in [0.5, 0.6) is 0 Å². The van der Waals surface area contributed by atoms with Crippen LogP contribution < -0.4 is 0 Å². The second kappa shape index (κ2) is 11.1. The molecule has 8 heteroatoms. The third-order valence-electron chi connectivity index (χ3n) is 2.41. The second-order valence-electron chi connectivity index (χ2n) is 4.37. The van der Waals surface area contributed by atoms with Gasteiger partial charge in [0.15, 0.2) is 0 Å². The van der Waals surface area contributed by atoms with Gasteiger partial charge in [0.25, 0.3) is 0 Å². The van der Waals surface area contributed by atoms with Crippen LogP contribution in [-0.4, -0.2) is 24.3 Å². The van der Waals surface area contributed by atoms with Gasteiger partial charge < -0.3 is 0 Å². The van der Waals surface area contributed by atoms with E-state index in [1.807, 2.05) is 0 Å². The van der Waals surface area contributed by atoms with Crippen molar-refractivity contribution in [3.63, 3.8) is 0 Å². The fourth-order valence-corrected chi connectivity index (χ4v) is 1.27. The number of ketones is 1. The van der Waals surface area contributed by atoms with Gasteiger partial charge >= 0.3 is 15.6 Å². The van der Waals surface area contributed by atoms with Gasteiger partial charge in [-0.05, 0) is 12.8 Å². The largest absolute Gasteiger partial charge is 0.522 e. The minimum absolute atomic E-state index is 0.469. The Morgan fingerprint density at radius 1 is 0.950 bits per heavy atom. The molecule has 0 rings (SSSR count). The van der Waals surface area contributed by atoms with E-state index in [2.05, 4.69) is 13.8 Å². The third kappa shape index (κ3) is 13.8. The molecule has 0 aromatic heterocycles. The van der Waals surface area contributed by atoms with Crippen LogP contribution in [-0.2, 0) is 14.9 Å². The molecule has 0 radical (unpaired) electrons. The predicted molar refractivity (Wildman–Crippen MR) is 70.9 cm³/mol. The summed E-state index contributed by atoms with van der Waals surface area (Å²) in [7, 11) is -5.84. The smallest absolute Gasteiger partial charge is 0.300 e. The molecule has 0 heterocycles. The molecule has 0 aromatic rings. The zero-order valence-corrected chi connectivity index (χ0v) is 12.7. The third-order valence-corrected chi connectivity index (χ3v) is 3.00. The Kier molecular flexibility index (Phi) is 12.0. The molecule has 0 aliphatic rings. The first-order valence-electron chi connectivity index (χ1n) is 6.61. The first-order chi connectivity index (χ1) is 9.06. The van der Waals surface area contributed by atoms with Gasteiger partial charge in [0, 0.05) is 12.8 Å². The van der Waals surface area contributed by atoms with E-state index in [1.165, 1.54) is 25.7 Å². The van der Waals surface area contributed by atoms with E-state index in [9.17, 15) is 18.0 Å². The lowest BCUT2D eigenvalue weighted by Crippen LogP contribution is -2.21. The van der Waals surface area contributed by atoms with E-state index in [0.29, 0.717) is 5.78 Å². The summed E-state index contributed by atoms with van der Waals surface area (Å²) in [4.78, 5) is 11.2. The monoisotopic (exact) mass is 320 g/mol. The molecule has 20 heavy (non-hydrogen) atoms. The minimum atomic E-state index is -5.84. The molecule has 122 valence electrons. The molecule has 0 unspecified atom stereocenters. The molecule has 0 saturated carbocycles. The maximum Gasteiger partial charge on any atom is 0.522 e. The molecule has 0 aliphatic carbocycles. The van der Waals surface area contributed by atoms with Gasteiger partial charge in [0.2, 0.25) is 0 Å². The number of rotatable bonds is 8. The first-order valence-corrected chi connectivity index (χ1v) is 8.05. The molecule has 1 N–H and O–H groups in total. The maximum atomic E-state index is 11.2. The molecule has 0 amide bonds. The highest BCUT2D eigenvalue weighted by atomic mass is 32.2. The fraction of sp³-hybridized carbons (Fsp3) is 0.917. The quantitative estimate of drug-likeness (QED) is 0.415. The molecule has 0 saturated heterocycles. The highest BCUT2D eigenvalue weighted by molar-refractivity contribution is 7.86. The lowest BCUT2D eigenvalue weighted by molar-refractivity contribution is -0.119. The van der Waals surface area contributed by atoms with Crippen LogP contribution in [0, 0.1) is 0 Å². The molecule has 0 aliphatic heterocycles. The summed E-state index contributed by atoms with van der Waals surface area (Å²) in [6.45, 7) is 4.34. The number of unbranched alkanes of at least 4 members (excludes halogenated alkanes) is 4. The molecule has 0 atom stereocenters. The summed E-state index contributed by atoms with van der Waals surface area (Å²) in [6, 6.07) is 0. The summed E-state index contributed by atoms with van der Waals surface area (Å²) in [5, 5.41) is 0. The van der Waals surface area contributed by atoms with Crippen molar-refractivity contribution >= 4 is 15.9 Å². The topological polar surface area (TPSA) is 71.4 Å². The van der Waals surface area contributed by atoms with Crippen molar-refractivity contribution < 1.29 is 30.9 Å². The van der Waals surface area contributed by atoms with Gasteiger partial charge in [-0.15, -0.1) is 0 Å². The lowest BCUT2D eigenvalue weighted by Gasteiger charge is -1.98. The number of carbonyl (C=O) groups excluding carboxylic acids is 1. The SMILES string of the molecule is CCCCCC(=O)CCCCC.O=S(=O)(O)C(F)(F)F. The van der Waals surface area contributed by atoms with Crippen molar-refractivity contribution in [3.8, 4) is 0 Å². The average Bonchev–Trinajstić information content (AvgIpc) is 2.28. The van der Waals surface area contributed by atoms with Gasteiger partial charge in [0.1, 0.15) is 5.78 Å². The summed E-state index contributed by atoms with van der Waals surface area (Å²) in [5.74, 6) is 0.469. The lowest BCUT2D eigenvalue weighted by atomic mass is 10.1. The second-order valence-corrected chi connectivity index (χ2v) is 5.79. The Morgan fingerprint density at radius 3 is 1.45 bits per heavy atom. The summed E-state index contributed by atoms with van der Waals surface area (Å²) in [6.07, 6.45) is 8.67. The van der Waals surface area contributed by atoms with E-state index < -0.39 is 15.6 Å². The van der Waals surface area contributed by atoms with Crippen LogP contribution in [0.15, 0.2) is 0 Å². The van der Waals surface area contributed by atoms with E-state index in [1.54, 1.807) is 0 Å². The Bertz CT molecular complexity index is 338. The van der Waals surface area contributed by atoms with E-state index in [4.69, 9.17) is 13.0 Å². The van der Waals surface area contributed by atoms with Crippen molar-refractivity contribution in [2.75, 3.05) is 0 Å². The molecule has 0 aromatic carbocycles. The Balaban J connectivity index is 0. The zero-order valence-electron chi connectivity index (χ0n) is 11.9. The highest BCUT2D eigenvalue weighted by Gasteiger charge is 2.44. The van der Waals surface area contributed by atoms with E-state index in [-0.39, 0.29) is 0 Å². The molecule has 0 spiro atoms. The van der Waals surface area contributed by atoms with Gasteiger partial charge in [-0.1, -0.05) is 39.5 Å². The maximum absolute atomic E-state index is 11.2. The number of carbonyl (C=O) groups is 1. The van der Waals surface area contributed by atoms with Crippen molar-refractivity contribution in [3.05, 3.63) is 0 Å². The van der Waals surface area contributed by atoms with Crippen molar-refractivity contribution in [1.82, 2.24) is 0 Å². The molecular formula is C12H23F3O4S. The normalized spacial score (nSPS) is 11.7. The molecular weight excluding hydrogens is 297 g/mol. The van der Waals surface area contributed by atoms with Gasteiger partial charge in [-0.25, -0.2) is 0 Å². The minimum Gasteiger partial charge on any atom is -0.300 e. The number of hydrogen-bond acceptors (Lipinski definition) is 3. The number of Topliss-reactive ketones (excluding diaryl/α,β-unsaturated/α-hetero) is 1. The van der Waals surface area contributed by atoms with Gasteiger partial charge in [0.05, 0.1) is 0 Å². The average molecular weight is 320 g/mol. The fourth-order valence-electron chi connectivity index (χ4n) is 1.27. The molecule has 4 nitrogen and oxygen atoms in total. The number of hydrogen-bond donors (Lipinski definition) is 1. The number of halogens is 3. The summed E-state index contributed by atoms with van der Waals surface area (Å²) < 4.78 is 57.5. The Morgan fingerprint density at radius 2 is 1.25 bits per heavy atom. The van der Waals surface area contributed by atoms with E-state index >= 15 is 0 Å². The van der Waals surface area contributed by atoms with Crippen LogP contribution >= 0.6 is 0 Å². The Labute approximate surface area is 118 Å². The highest BCUT2D eigenvalue weighted by Crippen LogP contribution is 2.20. The van der Waals surface area contributed by atoms with Crippen molar-refractivity contribution in [2.45, 2.75) is 70.7 Å².